The molecule has 0 heterocycles. The summed E-state index contributed by atoms with van der Waals surface area (Å²) in [6.07, 6.45) is 3.05. The molecule has 0 N–H and O–H groups in total. The third-order valence-corrected chi connectivity index (χ3v) is 6.13. The minimum atomic E-state index is -6.02. The molecule has 126 valence electrons. The number of hydrogen-bond acceptors (Lipinski definition) is 6. The number of hydrogen-bond donors (Lipinski definition) is 0. The second kappa shape index (κ2) is 6.77. The lowest BCUT2D eigenvalue weighted by Crippen LogP contribution is -2.39. The van der Waals surface area contributed by atoms with E-state index < -0.39 is 48.5 Å². The molecule has 0 aromatic carbocycles. The van der Waals surface area contributed by atoms with E-state index in [9.17, 15) is 35.2 Å². The monoisotopic (exact) mass is 354 g/mol. The standard InChI is InChI=1S/C9H15F3NO6S2/c10-9(11,12)21(17,18)13(14)6-7-19-20(15,16)8-4-2-1-3-5-8/h8H,1-7H2/q-1. The van der Waals surface area contributed by atoms with Crippen LogP contribution in [0.2, 0.25) is 0 Å². The molecule has 0 unspecified atom stereocenters. The van der Waals surface area contributed by atoms with Crippen LogP contribution in [-0.4, -0.2) is 45.2 Å². The van der Waals surface area contributed by atoms with E-state index in [1.807, 2.05) is 0 Å². The zero-order valence-electron chi connectivity index (χ0n) is 10.9. The van der Waals surface area contributed by atoms with E-state index in [1.165, 1.54) is 0 Å². The quantitative estimate of drug-likeness (QED) is 0.526. The second-order valence-corrected chi connectivity index (χ2v) is 8.26. The number of rotatable bonds is 6. The van der Waals surface area contributed by atoms with Crippen molar-refractivity contribution in [1.29, 1.82) is 0 Å². The molecule has 0 bridgehead atoms. The van der Waals surface area contributed by atoms with Crippen LogP contribution >= 0.6 is 0 Å². The predicted molar refractivity (Wildman–Crippen MR) is 66.8 cm³/mol. The Morgan fingerprint density at radius 1 is 1.10 bits per heavy atom. The molecule has 0 aliphatic heterocycles. The first-order valence-corrected chi connectivity index (χ1v) is 9.04. The van der Waals surface area contributed by atoms with Crippen LogP contribution in [0.3, 0.4) is 0 Å². The SMILES string of the molecule is O=S(=O)(OCCN([O-])S(=O)(=O)C(F)(F)F)C1CCCCC1. The van der Waals surface area contributed by atoms with E-state index in [2.05, 4.69) is 4.18 Å². The van der Waals surface area contributed by atoms with Crippen LogP contribution in [-0.2, 0) is 24.3 Å². The molecule has 0 amide bonds. The van der Waals surface area contributed by atoms with Gasteiger partial charge in [-0.15, -0.1) is 0 Å². The summed E-state index contributed by atoms with van der Waals surface area (Å²) in [7, 11) is -10.0. The summed E-state index contributed by atoms with van der Waals surface area (Å²) < 4.78 is 84.2. The first-order chi connectivity index (χ1) is 9.48. The molecule has 0 atom stereocenters. The van der Waals surface area contributed by atoms with Crippen LogP contribution in [0.15, 0.2) is 0 Å². The molecule has 1 aliphatic rings. The van der Waals surface area contributed by atoms with Crippen molar-refractivity contribution in [3.63, 3.8) is 0 Å². The van der Waals surface area contributed by atoms with Gasteiger partial charge in [-0.1, -0.05) is 19.3 Å². The maximum absolute atomic E-state index is 12.0. The van der Waals surface area contributed by atoms with E-state index >= 15 is 0 Å². The van der Waals surface area contributed by atoms with Gasteiger partial charge in [0.05, 0.1) is 11.9 Å². The van der Waals surface area contributed by atoms with Gasteiger partial charge in [0.1, 0.15) is 0 Å². The summed E-state index contributed by atoms with van der Waals surface area (Å²) in [6.45, 7) is -2.19. The van der Waals surface area contributed by atoms with Gasteiger partial charge >= 0.3 is 15.5 Å². The van der Waals surface area contributed by atoms with E-state index in [1.54, 1.807) is 0 Å². The Balaban J connectivity index is 2.53. The summed E-state index contributed by atoms with van der Waals surface area (Å²) in [5, 5.41) is 10.1. The highest BCUT2D eigenvalue weighted by atomic mass is 32.2. The molecular formula is C9H15F3NO6S2-. The zero-order valence-corrected chi connectivity index (χ0v) is 12.5. The van der Waals surface area contributed by atoms with Crippen LogP contribution in [0.4, 0.5) is 13.2 Å². The lowest BCUT2D eigenvalue weighted by molar-refractivity contribution is -0.0478. The first kappa shape index (κ1) is 18.6. The van der Waals surface area contributed by atoms with Crippen molar-refractivity contribution in [2.75, 3.05) is 13.2 Å². The van der Waals surface area contributed by atoms with Gasteiger partial charge in [-0.3, -0.25) is 8.65 Å². The van der Waals surface area contributed by atoms with Crippen LogP contribution in [0.1, 0.15) is 32.1 Å². The minimum absolute atomic E-state index is 0.379. The lowest BCUT2D eigenvalue weighted by Gasteiger charge is -2.28. The average Bonchev–Trinajstić information content (AvgIpc) is 2.38. The fourth-order valence-electron chi connectivity index (χ4n) is 1.91. The molecule has 1 aliphatic carbocycles. The molecule has 0 aromatic heterocycles. The molecular weight excluding hydrogens is 339 g/mol. The van der Waals surface area contributed by atoms with Crippen molar-refractivity contribution in [3.05, 3.63) is 5.21 Å². The smallest absolute Gasteiger partial charge is 0.510 e. The van der Waals surface area contributed by atoms with Crippen LogP contribution in [0.25, 0.3) is 0 Å². The Morgan fingerprint density at radius 2 is 1.62 bits per heavy atom. The lowest BCUT2D eigenvalue weighted by atomic mass is 10.0. The van der Waals surface area contributed by atoms with Gasteiger partial charge in [0.15, 0.2) is 0 Å². The molecule has 7 nitrogen and oxygen atoms in total. The summed E-state index contributed by atoms with van der Waals surface area (Å²) >= 11 is 0. The summed E-state index contributed by atoms with van der Waals surface area (Å²) in [4.78, 5) is 0. The molecule has 0 spiro atoms. The Morgan fingerprint density at radius 3 is 2.10 bits per heavy atom. The van der Waals surface area contributed by atoms with Gasteiger partial charge in [0, 0.05) is 6.54 Å². The highest BCUT2D eigenvalue weighted by Gasteiger charge is 2.46. The van der Waals surface area contributed by atoms with E-state index in [0.717, 1.165) is 6.42 Å². The molecule has 1 fully saturated rings. The molecule has 1 saturated carbocycles. The van der Waals surface area contributed by atoms with Gasteiger partial charge in [0.2, 0.25) is 0 Å². The second-order valence-electron chi connectivity index (χ2n) is 4.55. The van der Waals surface area contributed by atoms with E-state index in [0.29, 0.717) is 25.7 Å². The number of alkyl halides is 3. The van der Waals surface area contributed by atoms with Crippen molar-refractivity contribution in [2.24, 2.45) is 0 Å². The highest BCUT2D eigenvalue weighted by molar-refractivity contribution is 7.90. The number of hydroxylamine groups is 1. The maximum Gasteiger partial charge on any atom is 0.510 e. The van der Waals surface area contributed by atoms with Gasteiger partial charge in [-0.05, 0) is 12.8 Å². The molecule has 0 radical (unpaired) electrons. The van der Waals surface area contributed by atoms with Gasteiger partial charge < -0.3 is 5.21 Å². The summed E-state index contributed by atoms with van der Waals surface area (Å²) in [6, 6.07) is 0. The van der Waals surface area contributed by atoms with Crippen molar-refractivity contribution >= 4 is 20.1 Å². The Kier molecular flexibility index (Phi) is 6.00. The van der Waals surface area contributed by atoms with Crippen molar-refractivity contribution in [1.82, 2.24) is 4.47 Å². The Labute approximate surface area is 120 Å². The summed E-state index contributed by atoms with van der Waals surface area (Å²) in [5.74, 6) is 0. The number of sulfonamides is 1. The molecule has 12 heteroatoms. The van der Waals surface area contributed by atoms with Crippen LogP contribution in [0.5, 0.6) is 0 Å². The fourth-order valence-corrected chi connectivity index (χ4v) is 3.87. The highest BCUT2D eigenvalue weighted by Crippen LogP contribution is 2.27. The van der Waals surface area contributed by atoms with E-state index in [-0.39, 0.29) is 0 Å². The Bertz CT molecular complexity index is 538. The van der Waals surface area contributed by atoms with Crippen molar-refractivity contribution < 1.29 is 34.2 Å². The first-order valence-electron chi connectivity index (χ1n) is 6.13. The largest absolute Gasteiger partial charge is 0.772 e. The number of halogens is 3. The van der Waals surface area contributed by atoms with Gasteiger partial charge in [-0.25, -0.2) is 8.42 Å². The average molecular weight is 354 g/mol. The normalized spacial score (nSPS) is 19.1. The zero-order chi connectivity index (χ0) is 16.3. The minimum Gasteiger partial charge on any atom is -0.772 e. The van der Waals surface area contributed by atoms with E-state index in [4.69, 9.17) is 0 Å². The topological polar surface area (TPSA) is 104 Å². The third-order valence-electron chi connectivity index (χ3n) is 3.04. The third kappa shape index (κ3) is 4.77. The fraction of sp³-hybridized carbons (Fsp3) is 1.00. The predicted octanol–water partition coefficient (Wildman–Crippen LogP) is 1.31. The Hall–Kier alpha value is -0.430. The molecule has 1 rings (SSSR count). The van der Waals surface area contributed by atoms with Gasteiger partial charge in [0.25, 0.3) is 10.1 Å². The molecule has 0 aromatic rings. The number of nitrogens with zero attached hydrogens (tertiary/aromatic N) is 1. The van der Waals surface area contributed by atoms with Gasteiger partial charge in [-0.2, -0.15) is 21.6 Å². The molecule has 0 saturated heterocycles. The van der Waals surface area contributed by atoms with Crippen molar-refractivity contribution in [3.8, 4) is 0 Å². The van der Waals surface area contributed by atoms with Crippen molar-refractivity contribution in [2.45, 2.75) is 42.9 Å². The van der Waals surface area contributed by atoms with Crippen LogP contribution < -0.4 is 0 Å². The molecule has 21 heavy (non-hydrogen) atoms. The van der Waals surface area contributed by atoms with Crippen LogP contribution in [0, 0.1) is 5.21 Å². The maximum atomic E-state index is 12.0. The summed E-state index contributed by atoms with van der Waals surface area (Å²) in [5.41, 5.74) is -5.73.